The maximum Gasteiger partial charge on any atom is 0.264 e. The van der Waals surface area contributed by atoms with Crippen LogP contribution < -0.4 is 4.31 Å². The third kappa shape index (κ3) is 3.70. The molecule has 0 unspecified atom stereocenters. The van der Waals surface area contributed by atoms with Crippen LogP contribution in [0, 0.1) is 0 Å². The van der Waals surface area contributed by atoms with Crippen LogP contribution in [0.3, 0.4) is 0 Å². The zero-order chi connectivity index (χ0) is 18.7. The largest absolute Gasteiger partial charge is 0.378 e. The average molecular weight is 395 g/mol. The lowest BCUT2D eigenvalue weighted by atomic mass is 10.2. The number of amides is 1. The molecule has 0 atom stereocenters. The van der Waals surface area contributed by atoms with E-state index in [0.29, 0.717) is 32.0 Å². The van der Waals surface area contributed by atoms with Crippen LogP contribution in [0.15, 0.2) is 53.4 Å². The minimum Gasteiger partial charge on any atom is -0.378 e. The van der Waals surface area contributed by atoms with Crippen molar-refractivity contribution in [3.05, 3.63) is 59.1 Å². The second-order valence-electron chi connectivity index (χ2n) is 5.85. The Morgan fingerprint density at radius 3 is 2.42 bits per heavy atom. The Labute approximate surface area is 158 Å². The summed E-state index contributed by atoms with van der Waals surface area (Å²) in [5.41, 5.74) is 0.708. The summed E-state index contributed by atoms with van der Waals surface area (Å²) in [5, 5.41) is 0.225. The fourth-order valence-electron chi connectivity index (χ4n) is 2.70. The van der Waals surface area contributed by atoms with E-state index in [2.05, 4.69) is 0 Å². The summed E-state index contributed by atoms with van der Waals surface area (Å²) in [6, 6.07) is 12.9. The number of rotatable bonds is 4. The van der Waals surface area contributed by atoms with Crippen molar-refractivity contribution in [3.8, 4) is 0 Å². The lowest BCUT2D eigenvalue weighted by molar-refractivity contribution is 0.0303. The minimum atomic E-state index is -3.82. The number of anilines is 1. The van der Waals surface area contributed by atoms with E-state index >= 15 is 0 Å². The van der Waals surface area contributed by atoms with Gasteiger partial charge < -0.3 is 9.64 Å². The molecule has 2 aromatic carbocycles. The van der Waals surface area contributed by atoms with Crippen LogP contribution in [0.1, 0.15) is 10.4 Å². The van der Waals surface area contributed by atoms with Crippen LogP contribution in [0.5, 0.6) is 0 Å². The molecule has 3 rings (SSSR count). The number of morpholine rings is 1. The van der Waals surface area contributed by atoms with E-state index in [4.69, 9.17) is 16.3 Å². The quantitative estimate of drug-likeness (QED) is 0.799. The maximum atomic E-state index is 12.9. The number of carbonyl (C=O) groups is 1. The first-order valence-electron chi connectivity index (χ1n) is 8.12. The molecule has 8 heteroatoms. The first-order chi connectivity index (χ1) is 12.4. The highest BCUT2D eigenvalue weighted by Gasteiger charge is 2.26. The summed E-state index contributed by atoms with van der Waals surface area (Å²) in [6.07, 6.45) is 0. The van der Waals surface area contributed by atoms with Crippen LogP contribution in [0.2, 0.25) is 5.02 Å². The highest BCUT2D eigenvalue weighted by atomic mass is 35.5. The van der Waals surface area contributed by atoms with Crippen LogP contribution >= 0.6 is 11.6 Å². The molecule has 0 bridgehead atoms. The fraction of sp³-hybridized carbons (Fsp3) is 0.278. The van der Waals surface area contributed by atoms with E-state index in [1.54, 1.807) is 29.2 Å². The summed E-state index contributed by atoms with van der Waals surface area (Å²) >= 11 is 6.17. The summed E-state index contributed by atoms with van der Waals surface area (Å²) in [4.78, 5) is 14.3. The molecule has 1 aliphatic rings. The Balaban J connectivity index is 1.94. The van der Waals surface area contributed by atoms with Gasteiger partial charge in [-0.3, -0.25) is 9.10 Å². The standard InChI is InChI=1S/C18H19ClN2O4S/c1-20(14-5-3-2-4-6-14)26(23,24)15-7-8-17(19)16(13-15)18(22)21-9-11-25-12-10-21/h2-8,13H,9-12H2,1H3. The van der Waals surface area contributed by atoms with Gasteiger partial charge in [0, 0.05) is 20.1 Å². The first kappa shape index (κ1) is 18.7. The molecule has 1 saturated heterocycles. The SMILES string of the molecule is CN(c1ccccc1)S(=O)(=O)c1ccc(Cl)c(C(=O)N2CCOCC2)c1. The van der Waals surface area contributed by atoms with Crippen molar-refractivity contribution in [2.45, 2.75) is 4.90 Å². The van der Waals surface area contributed by atoms with Crippen molar-refractivity contribution in [2.24, 2.45) is 0 Å². The smallest absolute Gasteiger partial charge is 0.264 e. The highest BCUT2D eigenvalue weighted by molar-refractivity contribution is 7.92. The van der Waals surface area contributed by atoms with Gasteiger partial charge in [-0.1, -0.05) is 29.8 Å². The molecule has 0 aromatic heterocycles. The van der Waals surface area contributed by atoms with Gasteiger partial charge in [-0.2, -0.15) is 0 Å². The molecule has 1 amide bonds. The van der Waals surface area contributed by atoms with Gasteiger partial charge in [0.05, 0.1) is 34.4 Å². The fourth-order valence-corrected chi connectivity index (χ4v) is 4.12. The van der Waals surface area contributed by atoms with Crippen molar-refractivity contribution in [3.63, 3.8) is 0 Å². The first-order valence-corrected chi connectivity index (χ1v) is 9.93. The third-order valence-corrected chi connectivity index (χ3v) is 6.36. The molecule has 0 spiro atoms. The van der Waals surface area contributed by atoms with Gasteiger partial charge in [-0.05, 0) is 30.3 Å². The zero-order valence-corrected chi connectivity index (χ0v) is 15.8. The number of hydrogen-bond donors (Lipinski definition) is 0. The molecule has 26 heavy (non-hydrogen) atoms. The van der Waals surface area contributed by atoms with Crippen LogP contribution in [-0.2, 0) is 14.8 Å². The van der Waals surface area contributed by atoms with Crippen LogP contribution in [0.4, 0.5) is 5.69 Å². The molecule has 1 aliphatic heterocycles. The molecule has 2 aromatic rings. The minimum absolute atomic E-state index is 0.0184. The molecule has 0 aliphatic carbocycles. The van der Waals surface area contributed by atoms with Gasteiger partial charge in [-0.15, -0.1) is 0 Å². The number of ether oxygens (including phenoxy) is 1. The predicted octanol–water partition coefficient (Wildman–Crippen LogP) is 2.64. The van der Waals surface area contributed by atoms with Gasteiger partial charge in [0.1, 0.15) is 0 Å². The second kappa shape index (κ2) is 7.65. The van der Waals surface area contributed by atoms with E-state index in [-0.39, 0.29) is 21.4 Å². The second-order valence-corrected chi connectivity index (χ2v) is 8.23. The monoisotopic (exact) mass is 394 g/mol. The Kier molecular flexibility index (Phi) is 5.50. The van der Waals surface area contributed by atoms with E-state index in [1.807, 2.05) is 6.07 Å². The highest BCUT2D eigenvalue weighted by Crippen LogP contribution is 2.26. The van der Waals surface area contributed by atoms with Crippen molar-refractivity contribution >= 4 is 33.2 Å². The molecule has 0 N–H and O–H groups in total. The number of benzene rings is 2. The van der Waals surface area contributed by atoms with Crippen molar-refractivity contribution < 1.29 is 17.9 Å². The summed E-state index contributed by atoms with van der Waals surface area (Å²) in [5.74, 6) is -0.294. The number of nitrogens with zero attached hydrogens (tertiary/aromatic N) is 2. The topological polar surface area (TPSA) is 66.9 Å². The van der Waals surface area contributed by atoms with Gasteiger partial charge in [0.2, 0.25) is 0 Å². The lowest BCUT2D eigenvalue weighted by Gasteiger charge is -2.27. The molecule has 1 heterocycles. The summed E-state index contributed by atoms with van der Waals surface area (Å²) in [7, 11) is -2.34. The predicted molar refractivity (Wildman–Crippen MR) is 100 cm³/mol. The Hall–Kier alpha value is -2.09. The number of hydrogen-bond acceptors (Lipinski definition) is 4. The number of halogens is 1. The average Bonchev–Trinajstić information content (AvgIpc) is 2.68. The van der Waals surface area contributed by atoms with Gasteiger partial charge in [-0.25, -0.2) is 8.42 Å². The molecule has 0 saturated carbocycles. The van der Waals surface area contributed by atoms with Crippen molar-refractivity contribution in [1.82, 2.24) is 4.90 Å². The molecule has 0 radical (unpaired) electrons. The summed E-state index contributed by atoms with van der Waals surface area (Å²) < 4.78 is 32.3. The normalized spacial score (nSPS) is 14.9. The van der Waals surface area contributed by atoms with Crippen LogP contribution in [-0.4, -0.2) is 52.6 Å². The van der Waals surface area contributed by atoms with Crippen molar-refractivity contribution in [1.29, 1.82) is 0 Å². The molecular weight excluding hydrogens is 376 g/mol. The zero-order valence-electron chi connectivity index (χ0n) is 14.3. The van der Waals surface area contributed by atoms with Gasteiger partial charge in [0.15, 0.2) is 0 Å². The Morgan fingerprint density at radius 1 is 1.12 bits per heavy atom. The number of sulfonamides is 1. The lowest BCUT2D eigenvalue weighted by Crippen LogP contribution is -2.40. The molecular formula is C18H19ClN2O4S. The molecule has 1 fully saturated rings. The van der Waals surface area contributed by atoms with E-state index in [0.717, 1.165) is 0 Å². The van der Waals surface area contributed by atoms with Gasteiger partial charge in [0.25, 0.3) is 15.9 Å². The molecule has 6 nitrogen and oxygen atoms in total. The van der Waals surface area contributed by atoms with E-state index in [9.17, 15) is 13.2 Å². The molecule has 138 valence electrons. The Bertz CT molecular complexity index is 897. The maximum absolute atomic E-state index is 12.9. The van der Waals surface area contributed by atoms with E-state index in [1.165, 1.54) is 29.6 Å². The van der Waals surface area contributed by atoms with E-state index < -0.39 is 10.0 Å². The van der Waals surface area contributed by atoms with Gasteiger partial charge >= 0.3 is 0 Å². The number of carbonyl (C=O) groups excluding carboxylic acids is 1. The summed E-state index contributed by atoms with van der Waals surface area (Å²) in [6.45, 7) is 1.82. The van der Waals surface area contributed by atoms with Crippen LogP contribution in [0.25, 0.3) is 0 Å². The number of para-hydroxylation sites is 1. The van der Waals surface area contributed by atoms with Crippen molar-refractivity contribution in [2.75, 3.05) is 37.7 Å². The third-order valence-electron chi connectivity index (χ3n) is 4.24. The Morgan fingerprint density at radius 2 is 1.77 bits per heavy atom.